The Balaban J connectivity index is 0.000000253. The molecular formula is C42H42Cl4N4O5S2. The quantitative estimate of drug-likeness (QED) is 0.0418. The van der Waals surface area contributed by atoms with Crippen molar-refractivity contribution in [3.63, 3.8) is 0 Å². The molecule has 4 aromatic carbocycles. The van der Waals surface area contributed by atoms with Gasteiger partial charge in [0.1, 0.15) is 5.40 Å². The Morgan fingerprint density at radius 3 is 1.98 bits per heavy atom. The molecule has 0 spiro atoms. The standard InChI is InChI=1S/C21H20Cl2N2O2S.C12H17NO2.C9H5Cl2NOS/c1-2-27-20(26)10-11-25(13-15-6-4-3-5-7-15)21-24-19(14-28-21)16-8-9-17(22)18(23)12-16;1-2-15-12(14)8-9-13-10-11-6-4-3-5-7-11;10-7-2-1-6(3-8(7)11)9(13)4-14-5-12/h3-9,12,14H,2,10-11,13H2,1H3;3-7,13H,2,8-10H2,1H3;1-3H,4H2. The number of ketones is 1. The fourth-order valence-electron chi connectivity index (χ4n) is 4.81. The molecule has 0 atom stereocenters. The van der Waals surface area contributed by atoms with E-state index in [1.165, 1.54) is 23.0 Å². The second-order valence-corrected chi connectivity index (χ2v) is 15.0. The normalized spacial score (nSPS) is 10.2. The number of carbonyl (C=O) groups is 3. The topological polar surface area (TPSA) is 122 Å². The maximum atomic E-state index is 11.8. The van der Waals surface area contributed by atoms with Gasteiger partial charge in [0.25, 0.3) is 0 Å². The van der Waals surface area contributed by atoms with Gasteiger partial charge in [-0.15, -0.1) is 11.3 Å². The van der Waals surface area contributed by atoms with Crippen molar-refractivity contribution >= 4 is 92.4 Å². The summed E-state index contributed by atoms with van der Waals surface area (Å²) in [6.45, 7) is 7.11. The molecule has 9 nitrogen and oxygen atoms in total. The summed E-state index contributed by atoms with van der Waals surface area (Å²) < 4.78 is 9.88. The van der Waals surface area contributed by atoms with Gasteiger partial charge in [-0.1, -0.05) is 113 Å². The first kappa shape index (κ1) is 47.3. The summed E-state index contributed by atoms with van der Waals surface area (Å²) >= 11 is 26.0. The highest BCUT2D eigenvalue weighted by Gasteiger charge is 2.16. The lowest BCUT2D eigenvalue weighted by molar-refractivity contribution is -0.143. The Hall–Kier alpha value is -4.12. The molecule has 0 amide bonds. The third kappa shape index (κ3) is 17.9. The monoisotopic (exact) mass is 886 g/mol. The lowest BCUT2D eigenvalue weighted by Crippen LogP contribution is -2.26. The van der Waals surface area contributed by atoms with Crippen LogP contribution in [0.3, 0.4) is 0 Å². The third-order valence-electron chi connectivity index (χ3n) is 7.58. The number of Topliss-reactive ketones (excluding diaryl/α,β-unsaturated/α-hetero) is 1. The molecule has 0 fully saturated rings. The number of rotatable bonds is 17. The van der Waals surface area contributed by atoms with Crippen molar-refractivity contribution < 1.29 is 23.9 Å². The second kappa shape index (κ2) is 26.7. The van der Waals surface area contributed by atoms with Gasteiger partial charge in [0.05, 0.1) is 57.6 Å². The number of hydrogen-bond donors (Lipinski definition) is 1. The molecule has 0 saturated carbocycles. The van der Waals surface area contributed by atoms with Crippen molar-refractivity contribution in [2.75, 3.05) is 37.0 Å². The first-order valence-electron chi connectivity index (χ1n) is 17.8. The summed E-state index contributed by atoms with van der Waals surface area (Å²) in [4.78, 5) is 41.1. The average Bonchev–Trinajstić information content (AvgIpc) is 3.71. The van der Waals surface area contributed by atoms with Crippen LogP contribution >= 0.6 is 69.5 Å². The molecule has 300 valence electrons. The van der Waals surface area contributed by atoms with Crippen LogP contribution in [0.15, 0.2) is 102 Å². The largest absolute Gasteiger partial charge is 0.466 e. The van der Waals surface area contributed by atoms with Crippen LogP contribution in [0.2, 0.25) is 20.1 Å². The number of aromatic nitrogens is 1. The van der Waals surface area contributed by atoms with Gasteiger partial charge in [-0.3, -0.25) is 14.4 Å². The van der Waals surface area contributed by atoms with E-state index in [9.17, 15) is 14.4 Å². The molecule has 5 aromatic rings. The predicted octanol–water partition coefficient (Wildman–Crippen LogP) is 11.2. The van der Waals surface area contributed by atoms with Gasteiger partial charge in [0.2, 0.25) is 0 Å². The molecule has 1 N–H and O–H groups in total. The van der Waals surface area contributed by atoms with Crippen molar-refractivity contribution in [3.05, 3.63) is 139 Å². The average molecular weight is 889 g/mol. The highest BCUT2D eigenvalue weighted by Crippen LogP contribution is 2.32. The maximum Gasteiger partial charge on any atom is 0.307 e. The third-order valence-corrected chi connectivity index (χ3v) is 10.5. The van der Waals surface area contributed by atoms with Gasteiger partial charge in [-0.2, -0.15) is 5.26 Å². The van der Waals surface area contributed by atoms with Gasteiger partial charge in [-0.25, -0.2) is 4.98 Å². The summed E-state index contributed by atoms with van der Waals surface area (Å²) in [5.41, 5.74) is 4.58. The van der Waals surface area contributed by atoms with Crippen LogP contribution in [0.25, 0.3) is 11.3 Å². The van der Waals surface area contributed by atoms with Gasteiger partial charge in [0.15, 0.2) is 10.9 Å². The van der Waals surface area contributed by atoms with Gasteiger partial charge in [-0.05, 0) is 67.1 Å². The Morgan fingerprint density at radius 1 is 0.789 bits per heavy atom. The number of nitriles is 1. The smallest absolute Gasteiger partial charge is 0.307 e. The minimum Gasteiger partial charge on any atom is -0.466 e. The molecule has 0 radical (unpaired) electrons. The summed E-state index contributed by atoms with van der Waals surface area (Å²) in [7, 11) is 0. The molecule has 15 heteroatoms. The number of hydrogen-bond acceptors (Lipinski definition) is 11. The van der Waals surface area contributed by atoms with Gasteiger partial charge in [0, 0.05) is 42.7 Å². The molecule has 0 saturated heterocycles. The van der Waals surface area contributed by atoms with E-state index in [0.29, 0.717) is 71.3 Å². The second-order valence-electron chi connectivity index (χ2n) is 11.8. The predicted molar refractivity (Wildman–Crippen MR) is 235 cm³/mol. The maximum absolute atomic E-state index is 11.8. The van der Waals surface area contributed by atoms with Crippen LogP contribution < -0.4 is 10.2 Å². The van der Waals surface area contributed by atoms with Crippen molar-refractivity contribution in [2.45, 2.75) is 39.8 Å². The number of nitrogens with zero attached hydrogens (tertiary/aromatic N) is 3. The Labute approximate surface area is 362 Å². The summed E-state index contributed by atoms with van der Waals surface area (Å²) in [6, 6.07) is 30.3. The van der Waals surface area contributed by atoms with Crippen LogP contribution in [0.4, 0.5) is 5.13 Å². The van der Waals surface area contributed by atoms with Crippen molar-refractivity contribution in [3.8, 4) is 16.7 Å². The molecule has 0 aliphatic heterocycles. The molecule has 1 heterocycles. The van der Waals surface area contributed by atoms with E-state index in [-0.39, 0.29) is 23.5 Å². The number of halogens is 4. The number of ether oxygens (including phenoxy) is 2. The van der Waals surface area contributed by atoms with Gasteiger partial charge >= 0.3 is 11.9 Å². The molecule has 1 aromatic heterocycles. The van der Waals surface area contributed by atoms with E-state index in [4.69, 9.17) is 66.1 Å². The molecule has 0 unspecified atom stereocenters. The molecular weight excluding hydrogens is 846 g/mol. The summed E-state index contributed by atoms with van der Waals surface area (Å²) in [5, 5.41) is 17.9. The molecule has 0 aliphatic rings. The van der Waals surface area contributed by atoms with E-state index in [1.807, 2.05) is 73.2 Å². The minimum absolute atomic E-state index is 0.130. The fourth-order valence-corrected chi connectivity index (χ4v) is 6.63. The Bertz CT molecular complexity index is 2050. The SMILES string of the molecule is CCOC(=O)CCN(Cc1ccccc1)c1nc(-c2ccc(Cl)c(Cl)c2)cs1.CCOC(=O)CCNCc1ccccc1.N#CSCC(=O)c1ccc(Cl)c(Cl)c1. The van der Waals surface area contributed by atoms with Crippen LogP contribution in [-0.2, 0) is 32.2 Å². The van der Waals surface area contributed by atoms with Crippen molar-refractivity contribution in [2.24, 2.45) is 0 Å². The fraction of sp³-hybridized carbons (Fsp3) is 0.262. The molecule has 57 heavy (non-hydrogen) atoms. The molecule has 5 rings (SSSR count). The Kier molecular flexibility index (Phi) is 22.2. The lowest BCUT2D eigenvalue weighted by Gasteiger charge is -2.21. The van der Waals surface area contributed by atoms with E-state index in [1.54, 1.807) is 18.2 Å². The number of thioether (sulfide) groups is 1. The van der Waals surface area contributed by atoms with Crippen molar-refractivity contribution in [1.82, 2.24) is 10.3 Å². The lowest BCUT2D eigenvalue weighted by atomic mass is 10.1. The molecule has 0 bridgehead atoms. The van der Waals surface area contributed by atoms with E-state index >= 15 is 0 Å². The van der Waals surface area contributed by atoms with E-state index in [0.717, 1.165) is 40.3 Å². The zero-order valence-electron chi connectivity index (χ0n) is 31.4. The molecule has 0 aliphatic carbocycles. The first-order valence-corrected chi connectivity index (χ1v) is 21.2. The number of esters is 2. The zero-order chi connectivity index (χ0) is 41.4. The summed E-state index contributed by atoms with van der Waals surface area (Å²) in [6.07, 6.45) is 0.739. The number of nitrogens with one attached hydrogen (secondary N) is 1. The van der Waals surface area contributed by atoms with E-state index in [2.05, 4.69) is 34.5 Å². The van der Waals surface area contributed by atoms with Crippen molar-refractivity contribution in [1.29, 1.82) is 5.26 Å². The number of thiocyanates is 1. The highest BCUT2D eigenvalue weighted by atomic mass is 35.5. The first-order chi connectivity index (χ1) is 27.5. The summed E-state index contributed by atoms with van der Waals surface area (Å²) in [5.74, 6) is -0.343. The number of anilines is 1. The van der Waals surface area contributed by atoms with Gasteiger partial charge < -0.3 is 19.7 Å². The number of benzene rings is 4. The zero-order valence-corrected chi connectivity index (χ0v) is 36.0. The number of thiazole rings is 1. The Morgan fingerprint density at radius 2 is 1.39 bits per heavy atom. The highest BCUT2D eigenvalue weighted by molar-refractivity contribution is 8.04. The van der Waals surface area contributed by atoms with Crippen LogP contribution in [-0.4, -0.2) is 54.8 Å². The minimum atomic E-state index is -0.207. The van der Waals surface area contributed by atoms with Crippen LogP contribution in [0.1, 0.15) is 48.2 Å². The number of carbonyl (C=O) groups excluding carboxylic acids is 3. The van der Waals surface area contributed by atoms with Crippen LogP contribution in [0, 0.1) is 10.7 Å². The van der Waals surface area contributed by atoms with E-state index < -0.39 is 0 Å². The van der Waals surface area contributed by atoms with Crippen LogP contribution in [0.5, 0.6) is 0 Å².